The van der Waals surface area contributed by atoms with Crippen LogP contribution in [0.4, 0.5) is 0 Å². The molecule has 1 fully saturated rings. The molecule has 1 amide bonds. The van der Waals surface area contributed by atoms with Gasteiger partial charge >= 0.3 is 5.97 Å². The van der Waals surface area contributed by atoms with Crippen molar-refractivity contribution in [1.29, 1.82) is 0 Å². The maximum absolute atomic E-state index is 10.9. The fraction of sp³-hybridized carbons (Fsp3) is 0.500. The topological polar surface area (TPSA) is 55.4 Å². The third-order valence-corrected chi connectivity index (χ3v) is 1.60. The van der Waals surface area contributed by atoms with Gasteiger partial charge in [-0.2, -0.15) is 0 Å². The molecule has 0 unspecified atom stereocenters. The molecule has 0 radical (unpaired) electrons. The van der Waals surface area contributed by atoms with Crippen LogP contribution in [0.2, 0.25) is 0 Å². The van der Waals surface area contributed by atoms with Crippen molar-refractivity contribution in [3.8, 4) is 0 Å². The predicted octanol–water partition coefficient (Wildman–Crippen LogP) is -0.00580. The van der Waals surface area contributed by atoms with Crippen molar-refractivity contribution >= 4 is 11.9 Å². The van der Waals surface area contributed by atoms with E-state index in [1.165, 1.54) is 0 Å². The van der Waals surface area contributed by atoms with E-state index in [0.717, 1.165) is 0 Å². The summed E-state index contributed by atoms with van der Waals surface area (Å²) in [6.07, 6.45) is -0.0631. The van der Waals surface area contributed by atoms with E-state index in [2.05, 4.69) is 11.9 Å². The van der Waals surface area contributed by atoms with Crippen LogP contribution < -0.4 is 5.32 Å². The lowest BCUT2D eigenvalue weighted by Gasteiger charge is -2.08. The monoisotopic (exact) mass is 169 g/mol. The van der Waals surface area contributed by atoms with Crippen molar-refractivity contribution in [2.75, 3.05) is 6.54 Å². The molecule has 12 heavy (non-hydrogen) atoms. The zero-order valence-electron chi connectivity index (χ0n) is 6.92. The third kappa shape index (κ3) is 1.84. The minimum absolute atomic E-state index is 0.218. The second-order valence-electron chi connectivity index (χ2n) is 2.75. The molecule has 66 valence electrons. The number of hydrogen-bond acceptors (Lipinski definition) is 3. The molecular formula is C8H11NO3. The standard InChI is InChI=1S/C8H11NO3/c1-5(2)8(11)12-6-3-4-9-7(6)10/h6H,1,3-4H2,2H3,(H,9,10)/t6-/m1/s1. The van der Waals surface area contributed by atoms with Crippen LogP contribution in [0, 0.1) is 0 Å². The van der Waals surface area contributed by atoms with E-state index < -0.39 is 12.1 Å². The van der Waals surface area contributed by atoms with Crippen LogP contribution in [0.3, 0.4) is 0 Å². The molecule has 0 aliphatic carbocycles. The largest absolute Gasteiger partial charge is 0.449 e. The molecule has 0 aromatic heterocycles. The maximum Gasteiger partial charge on any atom is 0.333 e. The molecule has 0 aromatic rings. The number of ether oxygens (including phenoxy) is 1. The van der Waals surface area contributed by atoms with Gasteiger partial charge in [0.05, 0.1) is 0 Å². The van der Waals surface area contributed by atoms with E-state index in [1.54, 1.807) is 6.92 Å². The Morgan fingerprint density at radius 3 is 2.83 bits per heavy atom. The van der Waals surface area contributed by atoms with Crippen LogP contribution >= 0.6 is 0 Å². The second kappa shape index (κ2) is 3.38. The van der Waals surface area contributed by atoms with E-state index in [9.17, 15) is 9.59 Å². The minimum Gasteiger partial charge on any atom is -0.449 e. The van der Waals surface area contributed by atoms with Gasteiger partial charge in [-0.25, -0.2) is 4.79 Å². The molecule has 1 aliphatic heterocycles. The summed E-state index contributed by atoms with van der Waals surface area (Å²) >= 11 is 0. The van der Waals surface area contributed by atoms with Crippen molar-refractivity contribution in [3.05, 3.63) is 12.2 Å². The van der Waals surface area contributed by atoms with Crippen LogP contribution in [-0.4, -0.2) is 24.5 Å². The van der Waals surface area contributed by atoms with Gasteiger partial charge in [-0.15, -0.1) is 0 Å². The summed E-state index contributed by atoms with van der Waals surface area (Å²) in [5.41, 5.74) is 0.315. The molecule has 1 saturated heterocycles. The Morgan fingerprint density at radius 2 is 2.42 bits per heavy atom. The van der Waals surface area contributed by atoms with E-state index in [0.29, 0.717) is 18.5 Å². The smallest absolute Gasteiger partial charge is 0.333 e. The van der Waals surface area contributed by atoms with Gasteiger partial charge in [0.25, 0.3) is 5.91 Å². The average molecular weight is 169 g/mol. The Hall–Kier alpha value is -1.32. The van der Waals surface area contributed by atoms with Crippen LogP contribution in [0.25, 0.3) is 0 Å². The van der Waals surface area contributed by atoms with Gasteiger partial charge in [-0.05, 0) is 6.92 Å². The van der Waals surface area contributed by atoms with Crippen LogP contribution in [0.1, 0.15) is 13.3 Å². The molecule has 4 heteroatoms. The van der Waals surface area contributed by atoms with Crippen molar-refractivity contribution in [3.63, 3.8) is 0 Å². The Kier molecular flexibility index (Phi) is 2.47. The molecule has 4 nitrogen and oxygen atoms in total. The zero-order valence-corrected chi connectivity index (χ0v) is 6.92. The average Bonchev–Trinajstić information content (AvgIpc) is 2.36. The first kappa shape index (κ1) is 8.77. The highest BCUT2D eigenvalue weighted by Crippen LogP contribution is 2.07. The number of nitrogens with one attached hydrogen (secondary N) is 1. The van der Waals surface area contributed by atoms with Crippen molar-refractivity contribution < 1.29 is 14.3 Å². The number of amides is 1. The van der Waals surface area contributed by atoms with E-state index in [-0.39, 0.29) is 5.91 Å². The quantitative estimate of drug-likeness (QED) is 0.467. The number of carbonyl (C=O) groups is 2. The lowest BCUT2D eigenvalue weighted by Crippen LogP contribution is -2.27. The molecule has 0 bridgehead atoms. The Labute approximate surface area is 70.6 Å². The normalized spacial score (nSPS) is 21.8. The van der Waals surface area contributed by atoms with Gasteiger partial charge in [0.15, 0.2) is 6.10 Å². The highest BCUT2D eigenvalue weighted by molar-refractivity contribution is 5.91. The van der Waals surface area contributed by atoms with Crippen molar-refractivity contribution in [2.45, 2.75) is 19.4 Å². The maximum atomic E-state index is 10.9. The molecule has 1 atom stereocenters. The summed E-state index contributed by atoms with van der Waals surface area (Å²) in [4.78, 5) is 21.9. The summed E-state index contributed by atoms with van der Waals surface area (Å²) in [6.45, 7) is 5.54. The number of carbonyl (C=O) groups excluding carboxylic acids is 2. The Morgan fingerprint density at radius 1 is 1.75 bits per heavy atom. The minimum atomic E-state index is -0.616. The van der Waals surface area contributed by atoms with Crippen LogP contribution in [0.15, 0.2) is 12.2 Å². The van der Waals surface area contributed by atoms with Crippen LogP contribution in [-0.2, 0) is 14.3 Å². The Bertz CT molecular complexity index is 234. The van der Waals surface area contributed by atoms with Gasteiger partial charge in [0.1, 0.15) is 0 Å². The molecule has 0 spiro atoms. The summed E-state index contributed by atoms with van der Waals surface area (Å²) in [5.74, 6) is -0.721. The first-order chi connectivity index (χ1) is 5.61. The van der Waals surface area contributed by atoms with Gasteiger partial charge in [0, 0.05) is 18.5 Å². The highest BCUT2D eigenvalue weighted by atomic mass is 16.5. The first-order valence-corrected chi connectivity index (χ1v) is 3.75. The van der Waals surface area contributed by atoms with E-state index in [1.807, 2.05) is 0 Å². The number of hydrogen-bond donors (Lipinski definition) is 1. The van der Waals surface area contributed by atoms with Gasteiger partial charge in [-0.3, -0.25) is 4.79 Å². The molecule has 1 aliphatic rings. The third-order valence-electron chi connectivity index (χ3n) is 1.60. The summed E-state index contributed by atoms with van der Waals surface area (Å²) < 4.78 is 4.83. The van der Waals surface area contributed by atoms with E-state index >= 15 is 0 Å². The first-order valence-electron chi connectivity index (χ1n) is 3.75. The number of esters is 1. The lowest BCUT2D eigenvalue weighted by atomic mass is 10.3. The summed E-state index contributed by atoms with van der Waals surface area (Å²) in [5, 5.41) is 2.57. The number of rotatable bonds is 2. The highest BCUT2D eigenvalue weighted by Gasteiger charge is 2.27. The lowest BCUT2D eigenvalue weighted by molar-refractivity contribution is -0.150. The molecule has 1 heterocycles. The molecule has 0 saturated carbocycles. The Balaban J connectivity index is 2.46. The fourth-order valence-corrected chi connectivity index (χ4v) is 0.914. The van der Waals surface area contributed by atoms with Crippen molar-refractivity contribution in [2.24, 2.45) is 0 Å². The predicted molar refractivity (Wildman–Crippen MR) is 42.3 cm³/mol. The fourth-order valence-electron chi connectivity index (χ4n) is 0.914. The molecule has 1 rings (SSSR count). The van der Waals surface area contributed by atoms with Gasteiger partial charge in [-0.1, -0.05) is 6.58 Å². The second-order valence-corrected chi connectivity index (χ2v) is 2.75. The van der Waals surface area contributed by atoms with E-state index in [4.69, 9.17) is 4.74 Å². The zero-order chi connectivity index (χ0) is 9.14. The summed E-state index contributed by atoms with van der Waals surface area (Å²) in [7, 11) is 0. The van der Waals surface area contributed by atoms with Crippen molar-refractivity contribution in [1.82, 2.24) is 5.32 Å². The van der Waals surface area contributed by atoms with Crippen LogP contribution in [0.5, 0.6) is 0 Å². The molecule has 1 N–H and O–H groups in total. The molecular weight excluding hydrogens is 158 g/mol. The summed E-state index contributed by atoms with van der Waals surface area (Å²) in [6, 6.07) is 0. The van der Waals surface area contributed by atoms with Gasteiger partial charge < -0.3 is 10.1 Å². The SMILES string of the molecule is C=C(C)C(=O)O[C@@H]1CCNC1=O. The molecule has 0 aromatic carbocycles. The van der Waals surface area contributed by atoms with Gasteiger partial charge in [0.2, 0.25) is 0 Å².